The highest BCUT2D eigenvalue weighted by Gasteiger charge is 2.26. The lowest BCUT2D eigenvalue weighted by Crippen LogP contribution is -2.41. The van der Waals surface area contributed by atoms with Gasteiger partial charge in [0.05, 0.1) is 16.7 Å². The molecule has 1 aromatic carbocycles. The zero-order chi connectivity index (χ0) is 17.3. The van der Waals surface area contributed by atoms with Crippen LogP contribution in [-0.2, 0) is 16.4 Å². The smallest absolute Gasteiger partial charge is 0.223 e. The molecule has 0 radical (unpaired) electrons. The van der Waals surface area contributed by atoms with E-state index in [1.54, 1.807) is 0 Å². The molecule has 7 heteroatoms. The third kappa shape index (κ3) is 3.66. The third-order valence-electron chi connectivity index (χ3n) is 4.34. The van der Waals surface area contributed by atoms with E-state index in [4.69, 9.17) is 16.3 Å². The van der Waals surface area contributed by atoms with Gasteiger partial charge in [-0.3, -0.25) is 0 Å². The highest BCUT2D eigenvalue weighted by Crippen LogP contribution is 2.33. The van der Waals surface area contributed by atoms with Gasteiger partial charge in [0.2, 0.25) is 15.9 Å². The Kier molecular flexibility index (Phi) is 4.99. The Morgan fingerprint density at radius 2 is 2.04 bits per heavy atom. The fourth-order valence-electron chi connectivity index (χ4n) is 2.99. The summed E-state index contributed by atoms with van der Waals surface area (Å²) in [5, 5.41) is 2.45. The Morgan fingerprint density at radius 1 is 1.33 bits per heavy atom. The van der Waals surface area contributed by atoms with Crippen LogP contribution in [0.4, 0.5) is 0 Å². The molecule has 5 nitrogen and oxygen atoms in total. The van der Waals surface area contributed by atoms with Crippen LogP contribution in [0.25, 0.3) is 10.8 Å². The van der Waals surface area contributed by atoms with Gasteiger partial charge in [0.15, 0.2) is 0 Å². The Balaban J connectivity index is 1.85. The first-order chi connectivity index (χ1) is 11.4. The maximum atomic E-state index is 11.6. The molecule has 2 aromatic rings. The number of benzene rings is 1. The molecule has 0 amide bonds. The molecule has 1 aliphatic heterocycles. The number of fused-ring (bicyclic) bond motifs is 1. The fraction of sp³-hybridized carbons (Fsp3) is 0.471. The lowest BCUT2D eigenvalue weighted by molar-refractivity contribution is 0.132. The number of nitrogens with zero attached hydrogens (tertiary/aromatic N) is 2. The third-order valence-corrected chi connectivity index (χ3v) is 5.96. The topological polar surface area (TPSA) is 59.5 Å². The van der Waals surface area contributed by atoms with E-state index < -0.39 is 10.0 Å². The van der Waals surface area contributed by atoms with Gasteiger partial charge < -0.3 is 4.74 Å². The Bertz CT molecular complexity index is 846. The van der Waals surface area contributed by atoms with E-state index in [0.29, 0.717) is 36.8 Å². The number of aryl methyl sites for hydroxylation is 1. The Hall–Kier alpha value is -1.37. The zero-order valence-corrected chi connectivity index (χ0v) is 15.4. The van der Waals surface area contributed by atoms with Gasteiger partial charge in [0.1, 0.15) is 6.10 Å². The van der Waals surface area contributed by atoms with E-state index in [2.05, 4.69) is 4.98 Å². The van der Waals surface area contributed by atoms with Crippen LogP contribution in [0.2, 0.25) is 5.02 Å². The summed E-state index contributed by atoms with van der Waals surface area (Å²) < 4.78 is 30.8. The number of hydrogen-bond donors (Lipinski definition) is 0. The van der Waals surface area contributed by atoms with Crippen molar-refractivity contribution in [3.8, 4) is 5.88 Å². The summed E-state index contributed by atoms with van der Waals surface area (Å²) in [5.41, 5.74) is 0.952. The van der Waals surface area contributed by atoms with Gasteiger partial charge in [0, 0.05) is 18.8 Å². The summed E-state index contributed by atoms with van der Waals surface area (Å²) in [6.45, 7) is 3.00. The lowest BCUT2D eigenvalue weighted by Gasteiger charge is -2.30. The maximum absolute atomic E-state index is 11.6. The van der Waals surface area contributed by atoms with Crippen LogP contribution in [0.15, 0.2) is 24.3 Å². The summed E-state index contributed by atoms with van der Waals surface area (Å²) in [6.07, 6.45) is 3.30. The normalized spacial score (nSPS) is 17.3. The number of aromatic nitrogens is 1. The molecule has 1 fully saturated rings. The summed E-state index contributed by atoms with van der Waals surface area (Å²) in [6, 6.07) is 7.77. The molecule has 0 N–H and O–H groups in total. The monoisotopic (exact) mass is 368 g/mol. The van der Waals surface area contributed by atoms with Gasteiger partial charge in [-0.1, -0.05) is 30.7 Å². The van der Waals surface area contributed by atoms with Crippen molar-refractivity contribution in [2.45, 2.75) is 32.3 Å². The fourth-order valence-corrected chi connectivity index (χ4v) is 4.13. The van der Waals surface area contributed by atoms with Crippen molar-refractivity contribution in [3.05, 3.63) is 35.0 Å². The highest BCUT2D eigenvalue weighted by molar-refractivity contribution is 7.88. The number of ether oxygens (including phenoxy) is 1. The van der Waals surface area contributed by atoms with Crippen molar-refractivity contribution < 1.29 is 13.2 Å². The van der Waals surface area contributed by atoms with E-state index in [1.807, 2.05) is 31.2 Å². The largest absolute Gasteiger partial charge is 0.474 e. The predicted octanol–water partition coefficient (Wildman–Crippen LogP) is 3.25. The molecule has 0 atom stereocenters. The minimum atomic E-state index is -3.13. The van der Waals surface area contributed by atoms with E-state index in [1.165, 1.54) is 10.6 Å². The molecule has 0 unspecified atom stereocenters. The molecule has 1 aromatic heterocycles. The van der Waals surface area contributed by atoms with Crippen LogP contribution in [0, 0.1) is 0 Å². The first-order valence-electron chi connectivity index (χ1n) is 8.08. The average Bonchev–Trinajstić information content (AvgIpc) is 2.54. The average molecular weight is 369 g/mol. The molecule has 0 spiro atoms. The lowest BCUT2D eigenvalue weighted by atomic mass is 10.1. The molecule has 130 valence electrons. The van der Waals surface area contributed by atoms with Crippen LogP contribution in [-0.4, -0.2) is 43.2 Å². The molecule has 0 aliphatic carbocycles. The quantitative estimate of drug-likeness (QED) is 0.831. The summed E-state index contributed by atoms with van der Waals surface area (Å²) in [5.74, 6) is 0.549. The van der Waals surface area contributed by atoms with Crippen LogP contribution in [0.3, 0.4) is 0 Å². The molecule has 1 saturated heterocycles. The molecule has 1 aliphatic rings. The zero-order valence-electron chi connectivity index (χ0n) is 13.8. The van der Waals surface area contributed by atoms with Crippen molar-refractivity contribution in [2.75, 3.05) is 19.3 Å². The van der Waals surface area contributed by atoms with Crippen molar-refractivity contribution in [3.63, 3.8) is 0 Å². The Labute approximate surface area is 147 Å². The number of rotatable bonds is 4. The maximum Gasteiger partial charge on any atom is 0.223 e. The molecular formula is C17H21ClN2O3S. The van der Waals surface area contributed by atoms with Crippen LogP contribution >= 0.6 is 11.6 Å². The molecular weight excluding hydrogens is 348 g/mol. The molecule has 24 heavy (non-hydrogen) atoms. The predicted molar refractivity (Wildman–Crippen MR) is 96.2 cm³/mol. The van der Waals surface area contributed by atoms with Crippen LogP contribution in [0.1, 0.15) is 25.5 Å². The van der Waals surface area contributed by atoms with Gasteiger partial charge >= 0.3 is 0 Å². The number of halogens is 1. The van der Waals surface area contributed by atoms with Crippen molar-refractivity contribution >= 4 is 32.4 Å². The van der Waals surface area contributed by atoms with Crippen LogP contribution in [0.5, 0.6) is 5.88 Å². The van der Waals surface area contributed by atoms with Crippen molar-refractivity contribution in [1.29, 1.82) is 0 Å². The van der Waals surface area contributed by atoms with E-state index in [0.717, 1.165) is 22.9 Å². The number of piperidine rings is 1. The number of sulfonamides is 1. The van der Waals surface area contributed by atoms with Crippen LogP contribution < -0.4 is 4.74 Å². The minimum Gasteiger partial charge on any atom is -0.474 e. The van der Waals surface area contributed by atoms with E-state index >= 15 is 0 Å². The minimum absolute atomic E-state index is 0.0536. The van der Waals surface area contributed by atoms with Gasteiger partial charge in [-0.15, -0.1) is 0 Å². The van der Waals surface area contributed by atoms with Crippen molar-refractivity contribution in [2.24, 2.45) is 0 Å². The second kappa shape index (κ2) is 6.86. The van der Waals surface area contributed by atoms with Gasteiger partial charge in [0.25, 0.3) is 0 Å². The first kappa shape index (κ1) is 17.5. The van der Waals surface area contributed by atoms with E-state index in [-0.39, 0.29) is 6.10 Å². The summed E-state index contributed by atoms with van der Waals surface area (Å²) in [7, 11) is -3.13. The first-order valence-corrected chi connectivity index (χ1v) is 10.3. The standard InChI is InChI=1S/C17H21ClN2O3S/c1-3-13-11-12-5-4-6-15(18)16(12)17(19-13)23-14-7-9-20(10-8-14)24(2,21)22/h4-6,11,14H,3,7-10H2,1-2H3. The van der Waals surface area contributed by atoms with Crippen molar-refractivity contribution in [1.82, 2.24) is 9.29 Å². The SMILES string of the molecule is CCc1cc2cccc(Cl)c2c(OC2CCN(S(C)(=O)=O)CC2)n1. The van der Waals surface area contributed by atoms with Gasteiger partial charge in [-0.05, 0) is 36.8 Å². The molecule has 3 rings (SSSR count). The number of pyridine rings is 1. The summed E-state index contributed by atoms with van der Waals surface area (Å²) >= 11 is 6.35. The second-order valence-corrected chi connectivity index (χ2v) is 8.48. The molecule has 0 bridgehead atoms. The van der Waals surface area contributed by atoms with Gasteiger partial charge in [-0.2, -0.15) is 0 Å². The Morgan fingerprint density at radius 3 is 2.67 bits per heavy atom. The summed E-state index contributed by atoms with van der Waals surface area (Å²) in [4.78, 5) is 4.60. The van der Waals surface area contributed by atoms with E-state index in [9.17, 15) is 8.42 Å². The van der Waals surface area contributed by atoms with Gasteiger partial charge in [-0.25, -0.2) is 17.7 Å². The highest BCUT2D eigenvalue weighted by atomic mass is 35.5. The molecule has 0 saturated carbocycles. The second-order valence-electron chi connectivity index (χ2n) is 6.09. The number of hydrogen-bond acceptors (Lipinski definition) is 4. The molecule has 2 heterocycles.